The summed E-state index contributed by atoms with van der Waals surface area (Å²) < 4.78 is 15.8. The lowest BCUT2D eigenvalue weighted by Crippen LogP contribution is -2.05. The molecule has 0 unspecified atom stereocenters. The third-order valence-electron chi connectivity index (χ3n) is 3.52. The summed E-state index contributed by atoms with van der Waals surface area (Å²) in [6.07, 6.45) is 1.51. The standard InChI is InChI=1S/C17H9Cl2NO4/c18-11-2-1-3-12(19)10(11)7-13-17(21)24-16(20-13)9-4-5-14-15(6-9)23-8-22-14/h1-7H,8H2. The summed E-state index contributed by atoms with van der Waals surface area (Å²) in [6, 6.07) is 10.3. The van der Waals surface area contributed by atoms with Gasteiger partial charge in [-0.2, -0.15) is 0 Å². The number of nitrogens with zero attached hydrogens (tertiary/aromatic N) is 1. The van der Waals surface area contributed by atoms with E-state index in [0.717, 1.165) is 0 Å². The zero-order valence-corrected chi connectivity index (χ0v) is 13.6. The summed E-state index contributed by atoms with van der Waals surface area (Å²) in [5.74, 6) is 0.839. The van der Waals surface area contributed by atoms with Crippen LogP contribution in [-0.4, -0.2) is 18.7 Å². The van der Waals surface area contributed by atoms with Gasteiger partial charge in [0.25, 0.3) is 0 Å². The van der Waals surface area contributed by atoms with Crippen LogP contribution in [0.25, 0.3) is 6.08 Å². The van der Waals surface area contributed by atoms with E-state index in [1.54, 1.807) is 36.4 Å². The first-order valence-corrected chi connectivity index (χ1v) is 7.74. The molecule has 0 bridgehead atoms. The van der Waals surface area contributed by atoms with E-state index in [-0.39, 0.29) is 18.4 Å². The zero-order valence-electron chi connectivity index (χ0n) is 12.1. The number of carbonyl (C=O) groups is 1. The highest BCUT2D eigenvalue weighted by Crippen LogP contribution is 2.34. The van der Waals surface area contributed by atoms with Gasteiger partial charge < -0.3 is 14.2 Å². The molecule has 0 aliphatic carbocycles. The van der Waals surface area contributed by atoms with Gasteiger partial charge in [0.15, 0.2) is 17.2 Å². The normalized spacial score (nSPS) is 17.2. The van der Waals surface area contributed by atoms with E-state index in [9.17, 15) is 4.79 Å². The Kier molecular flexibility index (Phi) is 3.67. The SMILES string of the molecule is O=C1OC(c2ccc3c(c2)OCO3)=NC1=Cc1c(Cl)cccc1Cl. The van der Waals surface area contributed by atoms with Crippen molar-refractivity contribution in [1.29, 1.82) is 0 Å². The topological polar surface area (TPSA) is 57.1 Å². The monoisotopic (exact) mass is 361 g/mol. The number of benzene rings is 2. The maximum Gasteiger partial charge on any atom is 0.363 e. The van der Waals surface area contributed by atoms with Gasteiger partial charge in [0, 0.05) is 21.2 Å². The second-order valence-electron chi connectivity index (χ2n) is 5.04. The largest absolute Gasteiger partial charge is 0.454 e. The van der Waals surface area contributed by atoms with Gasteiger partial charge in [0.05, 0.1) is 0 Å². The van der Waals surface area contributed by atoms with Crippen molar-refractivity contribution in [3.63, 3.8) is 0 Å². The van der Waals surface area contributed by atoms with E-state index in [0.29, 0.717) is 32.7 Å². The number of halogens is 2. The van der Waals surface area contributed by atoms with Gasteiger partial charge in [-0.1, -0.05) is 29.3 Å². The molecule has 0 saturated carbocycles. The minimum Gasteiger partial charge on any atom is -0.454 e. The molecule has 0 aromatic heterocycles. The Morgan fingerprint density at radius 3 is 2.58 bits per heavy atom. The minimum absolute atomic E-state index is 0.123. The van der Waals surface area contributed by atoms with Gasteiger partial charge in [-0.25, -0.2) is 9.79 Å². The number of hydrogen-bond donors (Lipinski definition) is 0. The summed E-state index contributed by atoms with van der Waals surface area (Å²) in [6.45, 7) is 0.168. The van der Waals surface area contributed by atoms with Crippen molar-refractivity contribution >= 4 is 41.1 Å². The maximum atomic E-state index is 12.1. The molecule has 2 aliphatic heterocycles. The third kappa shape index (κ3) is 2.62. The Labute approximate surface area is 147 Å². The maximum absolute atomic E-state index is 12.1. The average Bonchev–Trinajstić information content (AvgIpc) is 3.17. The second kappa shape index (κ2) is 5.85. The van der Waals surface area contributed by atoms with E-state index in [1.165, 1.54) is 6.08 Å². The highest BCUT2D eigenvalue weighted by molar-refractivity contribution is 6.37. The van der Waals surface area contributed by atoms with Crippen molar-refractivity contribution in [2.75, 3.05) is 6.79 Å². The summed E-state index contributed by atoms with van der Waals surface area (Å²) in [5.41, 5.74) is 1.25. The van der Waals surface area contributed by atoms with E-state index in [1.807, 2.05) is 0 Å². The van der Waals surface area contributed by atoms with Gasteiger partial charge >= 0.3 is 5.97 Å². The van der Waals surface area contributed by atoms with Crippen LogP contribution in [0, 0.1) is 0 Å². The molecule has 120 valence electrons. The van der Waals surface area contributed by atoms with Crippen molar-refractivity contribution in [3.05, 3.63) is 63.3 Å². The molecular formula is C17H9Cl2NO4. The minimum atomic E-state index is -0.571. The number of aliphatic imine (C=N–C) groups is 1. The molecule has 24 heavy (non-hydrogen) atoms. The first kappa shape index (κ1) is 15.1. The lowest BCUT2D eigenvalue weighted by atomic mass is 10.2. The molecule has 0 fully saturated rings. The molecular weight excluding hydrogens is 353 g/mol. The van der Waals surface area contributed by atoms with Crippen LogP contribution in [-0.2, 0) is 9.53 Å². The molecule has 4 rings (SSSR count). The first-order chi connectivity index (χ1) is 11.6. The van der Waals surface area contributed by atoms with Gasteiger partial charge in [-0.05, 0) is 36.4 Å². The summed E-state index contributed by atoms with van der Waals surface area (Å²) in [5, 5.41) is 0.851. The molecule has 0 N–H and O–H groups in total. The predicted molar refractivity (Wildman–Crippen MR) is 89.6 cm³/mol. The van der Waals surface area contributed by atoms with Crippen molar-refractivity contribution in [2.45, 2.75) is 0 Å². The van der Waals surface area contributed by atoms with Crippen LogP contribution in [0.2, 0.25) is 10.0 Å². The number of ether oxygens (including phenoxy) is 3. The Bertz CT molecular complexity index is 901. The van der Waals surface area contributed by atoms with Crippen LogP contribution in [0.5, 0.6) is 11.5 Å². The lowest BCUT2D eigenvalue weighted by molar-refractivity contribution is -0.129. The van der Waals surface area contributed by atoms with Gasteiger partial charge in [-0.3, -0.25) is 0 Å². The second-order valence-corrected chi connectivity index (χ2v) is 5.85. The van der Waals surface area contributed by atoms with Gasteiger partial charge in [0.2, 0.25) is 12.7 Å². The molecule has 2 aliphatic rings. The number of carbonyl (C=O) groups excluding carboxylic acids is 1. The highest BCUT2D eigenvalue weighted by atomic mass is 35.5. The van der Waals surface area contributed by atoms with Crippen LogP contribution in [0.3, 0.4) is 0 Å². The number of cyclic esters (lactones) is 1. The van der Waals surface area contributed by atoms with Crippen LogP contribution in [0.4, 0.5) is 0 Å². The van der Waals surface area contributed by atoms with Crippen molar-refractivity contribution in [3.8, 4) is 11.5 Å². The Morgan fingerprint density at radius 2 is 1.79 bits per heavy atom. The lowest BCUT2D eigenvalue weighted by Gasteiger charge is -2.01. The smallest absolute Gasteiger partial charge is 0.363 e. The first-order valence-electron chi connectivity index (χ1n) is 6.98. The van der Waals surface area contributed by atoms with Crippen molar-refractivity contribution in [1.82, 2.24) is 0 Å². The predicted octanol–water partition coefficient (Wildman–Crippen LogP) is 4.07. The van der Waals surface area contributed by atoms with Gasteiger partial charge in [-0.15, -0.1) is 0 Å². The highest BCUT2D eigenvalue weighted by Gasteiger charge is 2.26. The Morgan fingerprint density at radius 1 is 1.04 bits per heavy atom. The average molecular weight is 362 g/mol. The third-order valence-corrected chi connectivity index (χ3v) is 4.18. The molecule has 2 heterocycles. The summed E-state index contributed by atoms with van der Waals surface area (Å²) >= 11 is 12.2. The Balaban J connectivity index is 1.71. The molecule has 7 heteroatoms. The molecule has 0 spiro atoms. The van der Waals surface area contributed by atoms with Crippen LogP contribution >= 0.6 is 23.2 Å². The van der Waals surface area contributed by atoms with Crippen LogP contribution in [0.15, 0.2) is 47.1 Å². The molecule has 0 atom stereocenters. The Hall–Kier alpha value is -2.50. The fraction of sp³-hybridized carbons (Fsp3) is 0.0588. The molecule has 2 aromatic rings. The van der Waals surface area contributed by atoms with Gasteiger partial charge in [0.1, 0.15) is 0 Å². The quantitative estimate of drug-likeness (QED) is 0.597. The van der Waals surface area contributed by atoms with E-state index < -0.39 is 5.97 Å². The van der Waals surface area contributed by atoms with Crippen molar-refractivity contribution < 1.29 is 19.0 Å². The molecule has 0 amide bonds. The number of hydrogen-bond acceptors (Lipinski definition) is 5. The summed E-state index contributed by atoms with van der Waals surface area (Å²) in [7, 11) is 0. The van der Waals surface area contributed by atoms with E-state index >= 15 is 0 Å². The molecule has 5 nitrogen and oxygen atoms in total. The number of rotatable bonds is 2. The fourth-order valence-corrected chi connectivity index (χ4v) is 2.85. The molecule has 0 saturated heterocycles. The van der Waals surface area contributed by atoms with E-state index in [4.69, 9.17) is 37.4 Å². The fourth-order valence-electron chi connectivity index (χ4n) is 2.35. The van der Waals surface area contributed by atoms with E-state index in [2.05, 4.69) is 4.99 Å². The van der Waals surface area contributed by atoms with Crippen molar-refractivity contribution in [2.24, 2.45) is 4.99 Å². The molecule has 0 radical (unpaired) electrons. The number of esters is 1. The molecule has 2 aromatic carbocycles. The number of fused-ring (bicyclic) bond motifs is 1. The van der Waals surface area contributed by atoms with Crippen LogP contribution in [0.1, 0.15) is 11.1 Å². The summed E-state index contributed by atoms with van der Waals surface area (Å²) in [4.78, 5) is 16.3. The van der Waals surface area contributed by atoms with Crippen LogP contribution < -0.4 is 9.47 Å². The zero-order chi connectivity index (χ0) is 16.7.